The number of rotatable bonds is 0. The van der Waals surface area contributed by atoms with E-state index in [0.29, 0.717) is 0 Å². The van der Waals surface area contributed by atoms with Gasteiger partial charge in [-0.05, 0) is 0 Å². The first-order chi connectivity index (χ1) is 2.00. The van der Waals surface area contributed by atoms with E-state index in [1.807, 2.05) is 0 Å². The van der Waals surface area contributed by atoms with Crippen LogP contribution in [0.2, 0.25) is 0 Å². The summed E-state index contributed by atoms with van der Waals surface area (Å²) >= 11 is 0. The molecular weight excluding hydrogens is 280 g/mol. The third-order valence-electron chi connectivity index (χ3n) is 0. The van der Waals surface area contributed by atoms with E-state index in [9.17, 15) is 0 Å². The molecular formula is H11FeO8PZn. The molecule has 0 fully saturated rings. The molecule has 0 atom stereocenters. The molecule has 0 aliphatic heterocycles. The van der Waals surface area contributed by atoms with Gasteiger partial charge in [0.1, 0.15) is 0 Å². The second-order valence-electron chi connectivity index (χ2n) is 0.513. The standard InChI is InChI=1S/Fe.H3O4P.4H2O.Zn/c;1-5(2,3)4;;;;;/h;(H3,1,2,3,4);4*1H2;. The minimum atomic E-state index is -4.64. The van der Waals surface area contributed by atoms with Gasteiger partial charge in [-0.3, -0.25) is 0 Å². The third-order valence-corrected chi connectivity index (χ3v) is 0. The maximum atomic E-state index is 8.88. The summed E-state index contributed by atoms with van der Waals surface area (Å²) in [4.78, 5) is 21.6. The average Bonchev–Trinajstić information content (AvgIpc) is 0.722. The summed E-state index contributed by atoms with van der Waals surface area (Å²) in [5, 5.41) is 0. The normalized spacial score (nSPS) is 5.36. The molecule has 0 bridgehead atoms. The van der Waals surface area contributed by atoms with Crippen molar-refractivity contribution in [1.82, 2.24) is 0 Å². The Kier molecular flexibility index (Phi) is 117. The molecule has 74 valence electrons. The first-order valence-corrected chi connectivity index (χ1v) is 2.35. The summed E-state index contributed by atoms with van der Waals surface area (Å²) in [6, 6.07) is 0. The van der Waals surface area contributed by atoms with E-state index in [1.54, 1.807) is 0 Å². The van der Waals surface area contributed by atoms with Crippen LogP contribution in [0.3, 0.4) is 0 Å². The maximum Gasteiger partial charge on any atom is 0.466 e. The van der Waals surface area contributed by atoms with Crippen LogP contribution in [0.15, 0.2) is 0 Å². The van der Waals surface area contributed by atoms with Crippen molar-refractivity contribution < 1.29 is 77.7 Å². The summed E-state index contributed by atoms with van der Waals surface area (Å²) in [6.07, 6.45) is 0. The van der Waals surface area contributed by atoms with Gasteiger partial charge in [-0.2, -0.15) is 0 Å². The van der Waals surface area contributed by atoms with Crippen molar-refractivity contribution in [3.8, 4) is 0 Å². The molecule has 0 rings (SSSR count). The summed E-state index contributed by atoms with van der Waals surface area (Å²) in [5.74, 6) is 0. The second-order valence-corrected chi connectivity index (χ2v) is 1.54. The molecule has 0 saturated heterocycles. The largest absolute Gasteiger partial charge is 0.466 e. The first kappa shape index (κ1) is 57.4. The van der Waals surface area contributed by atoms with Crippen molar-refractivity contribution in [2.75, 3.05) is 0 Å². The zero-order valence-electron chi connectivity index (χ0n) is 5.26. The van der Waals surface area contributed by atoms with Gasteiger partial charge in [0.15, 0.2) is 0 Å². The zero-order chi connectivity index (χ0) is 4.50. The van der Waals surface area contributed by atoms with E-state index in [1.165, 1.54) is 0 Å². The minimum absolute atomic E-state index is 0. The van der Waals surface area contributed by atoms with Crippen molar-refractivity contribution in [1.29, 1.82) is 0 Å². The fourth-order valence-electron chi connectivity index (χ4n) is 0. The van der Waals surface area contributed by atoms with Gasteiger partial charge in [0.2, 0.25) is 0 Å². The first-order valence-electron chi connectivity index (χ1n) is 0.783. The van der Waals surface area contributed by atoms with Gasteiger partial charge >= 0.3 is 7.82 Å². The molecule has 0 radical (unpaired) electrons. The van der Waals surface area contributed by atoms with Crippen LogP contribution in [0, 0.1) is 0 Å². The molecule has 0 aliphatic rings. The fourth-order valence-corrected chi connectivity index (χ4v) is 0. The van der Waals surface area contributed by atoms with Gasteiger partial charge in [0.05, 0.1) is 0 Å². The summed E-state index contributed by atoms with van der Waals surface area (Å²) in [7, 11) is -4.64. The molecule has 0 aromatic rings. The average molecular weight is 291 g/mol. The quantitative estimate of drug-likeness (QED) is 0.299. The molecule has 11 heteroatoms. The van der Waals surface area contributed by atoms with Crippen LogP contribution >= 0.6 is 7.82 Å². The zero-order valence-corrected chi connectivity index (χ0v) is 10.2. The van der Waals surface area contributed by atoms with E-state index in [0.717, 1.165) is 0 Å². The number of hydrogen-bond donors (Lipinski definition) is 3. The topological polar surface area (TPSA) is 204 Å². The molecule has 11 heavy (non-hydrogen) atoms. The van der Waals surface area contributed by atoms with Gasteiger partial charge in [-0.15, -0.1) is 0 Å². The van der Waals surface area contributed by atoms with Crippen LogP contribution in [0.4, 0.5) is 0 Å². The fraction of sp³-hybridized carbons (Fsp3) is 0. The minimum Gasteiger partial charge on any atom is -0.412 e. The Labute approximate surface area is 85.7 Å². The molecule has 0 spiro atoms. The molecule has 0 aliphatic carbocycles. The maximum absolute atomic E-state index is 8.88. The molecule has 0 unspecified atom stereocenters. The monoisotopic (exact) mass is 290 g/mol. The Morgan fingerprint density at radius 3 is 0.818 bits per heavy atom. The molecule has 0 aromatic heterocycles. The van der Waals surface area contributed by atoms with Crippen LogP contribution in [0.1, 0.15) is 0 Å². The van der Waals surface area contributed by atoms with Crippen LogP contribution in [-0.2, 0) is 41.1 Å². The van der Waals surface area contributed by atoms with Gasteiger partial charge in [-0.1, -0.05) is 0 Å². The number of hydrogen-bond acceptors (Lipinski definition) is 1. The van der Waals surface area contributed by atoms with Crippen molar-refractivity contribution in [3.05, 3.63) is 0 Å². The van der Waals surface area contributed by atoms with Gasteiger partial charge < -0.3 is 36.6 Å². The predicted octanol–water partition coefficient (Wildman–Crippen LogP) is -4.23. The van der Waals surface area contributed by atoms with Crippen molar-refractivity contribution in [2.45, 2.75) is 0 Å². The Balaban J connectivity index is -0.00000000533. The second kappa shape index (κ2) is 22.5. The van der Waals surface area contributed by atoms with Gasteiger partial charge in [0.25, 0.3) is 0 Å². The van der Waals surface area contributed by atoms with E-state index < -0.39 is 7.82 Å². The van der Waals surface area contributed by atoms with Gasteiger partial charge in [0, 0.05) is 36.5 Å². The molecule has 0 aromatic carbocycles. The SMILES string of the molecule is O.O.O.O.O=P(O)(O)O.[Fe].[Zn]. The molecule has 8 nitrogen and oxygen atoms in total. The number of phosphoric acid groups is 1. The Morgan fingerprint density at radius 2 is 0.818 bits per heavy atom. The van der Waals surface area contributed by atoms with E-state index in [4.69, 9.17) is 19.2 Å². The Hall–Kier alpha value is 1.09. The van der Waals surface area contributed by atoms with Crippen molar-refractivity contribution in [3.63, 3.8) is 0 Å². The predicted molar refractivity (Wildman–Crippen MR) is 28.7 cm³/mol. The molecule has 0 amide bonds. The third kappa shape index (κ3) is 768. The van der Waals surface area contributed by atoms with Crippen LogP contribution < -0.4 is 0 Å². The van der Waals surface area contributed by atoms with E-state index >= 15 is 0 Å². The summed E-state index contributed by atoms with van der Waals surface area (Å²) in [6.45, 7) is 0. The smallest absolute Gasteiger partial charge is 0.412 e. The van der Waals surface area contributed by atoms with E-state index in [2.05, 4.69) is 0 Å². The molecule has 0 saturated carbocycles. The summed E-state index contributed by atoms with van der Waals surface area (Å²) < 4.78 is 8.88. The van der Waals surface area contributed by atoms with E-state index in [-0.39, 0.29) is 58.5 Å². The molecule has 0 heterocycles. The van der Waals surface area contributed by atoms with Gasteiger partial charge in [-0.25, -0.2) is 4.57 Å². The van der Waals surface area contributed by atoms with Crippen LogP contribution in [0.25, 0.3) is 0 Å². The van der Waals surface area contributed by atoms with Crippen LogP contribution in [0.5, 0.6) is 0 Å². The van der Waals surface area contributed by atoms with Crippen molar-refractivity contribution in [2.24, 2.45) is 0 Å². The molecule has 11 N–H and O–H groups in total. The van der Waals surface area contributed by atoms with Crippen molar-refractivity contribution >= 4 is 7.82 Å². The summed E-state index contributed by atoms with van der Waals surface area (Å²) in [5.41, 5.74) is 0. The van der Waals surface area contributed by atoms with Crippen LogP contribution in [-0.4, -0.2) is 36.6 Å². The Morgan fingerprint density at radius 1 is 0.818 bits per heavy atom. The Bertz CT molecular complexity index is 60.2.